The molecule has 0 aliphatic heterocycles. The molecule has 2 aromatic heterocycles. The van der Waals surface area contributed by atoms with Crippen LogP contribution in [0.15, 0.2) is 23.5 Å². The number of rotatable bonds is 4. The summed E-state index contributed by atoms with van der Waals surface area (Å²) in [6.07, 6.45) is 4.64. The summed E-state index contributed by atoms with van der Waals surface area (Å²) in [6, 6.07) is 0. The Bertz CT molecular complexity index is 507. The molecule has 2 rings (SSSR count). The maximum atomic E-state index is 11.1. The van der Waals surface area contributed by atoms with E-state index in [2.05, 4.69) is 25.6 Å². The Kier molecular flexibility index (Phi) is 3.16. The molecule has 84 valence electrons. The molecule has 0 radical (unpaired) electrons. The normalized spacial score (nSPS) is 10.3. The zero-order valence-electron chi connectivity index (χ0n) is 8.22. The maximum absolute atomic E-state index is 11.1. The first-order chi connectivity index (χ1) is 7.77. The van der Waals surface area contributed by atoms with Crippen molar-refractivity contribution >= 4 is 17.4 Å². The lowest BCUT2D eigenvalue weighted by Crippen LogP contribution is -2.15. The number of anilines is 1. The summed E-state index contributed by atoms with van der Waals surface area (Å²) in [5.74, 6) is 0.366. The van der Waals surface area contributed by atoms with Crippen molar-refractivity contribution in [2.45, 2.75) is 6.54 Å². The molecule has 0 unspecified atom stereocenters. The van der Waals surface area contributed by atoms with Gasteiger partial charge in [0.2, 0.25) is 0 Å². The smallest absolute Gasteiger partial charge is 0.271 e. The molecule has 7 nitrogen and oxygen atoms in total. The number of H-pyrrole nitrogens is 1. The van der Waals surface area contributed by atoms with Gasteiger partial charge in [-0.25, -0.2) is 4.98 Å². The molecule has 2 aromatic rings. The molecule has 16 heavy (non-hydrogen) atoms. The highest BCUT2D eigenvalue weighted by atomic mass is 35.5. The molecule has 0 aliphatic carbocycles. The second-order valence-electron chi connectivity index (χ2n) is 2.99. The predicted molar refractivity (Wildman–Crippen MR) is 58.4 cm³/mol. The second-order valence-corrected chi connectivity index (χ2v) is 3.37. The monoisotopic (exact) mass is 240 g/mol. The molecule has 0 aromatic carbocycles. The fourth-order valence-corrected chi connectivity index (χ4v) is 1.32. The van der Waals surface area contributed by atoms with Gasteiger partial charge in [0.05, 0.1) is 19.1 Å². The van der Waals surface area contributed by atoms with Gasteiger partial charge in [-0.15, -0.1) is 5.10 Å². The van der Waals surface area contributed by atoms with Gasteiger partial charge in [0, 0.05) is 12.7 Å². The first kappa shape index (κ1) is 10.6. The minimum atomic E-state index is -0.361. The average molecular weight is 241 g/mol. The highest BCUT2D eigenvalue weighted by Crippen LogP contribution is 2.11. The summed E-state index contributed by atoms with van der Waals surface area (Å²) in [4.78, 5) is 17.4. The van der Waals surface area contributed by atoms with Gasteiger partial charge in [0.25, 0.3) is 5.56 Å². The molecule has 0 spiro atoms. The fraction of sp³-hybridized carbons (Fsp3) is 0.250. The van der Waals surface area contributed by atoms with Gasteiger partial charge in [0.1, 0.15) is 5.02 Å². The summed E-state index contributed by atoms with van der Waals surface area (Å²) in [5.41, 5.74) is -0.361. The Labute approximate surface area is 95.5 Å². The summed E-state index contributed by atoms with van der Waals surface area (Å²) in [5, 5.41) is 10.5. The van der Waals surface area contributed by atoms with Crippen molar-refractivity contribution in [2.75, 3.05) is 11.9 Å². The van der Waals surface area contributed by atoms with Gasteiger partial charge in [-0.3, -0.25) is 9.48 Å². The van der Waals surface area contributed by atoms with Gasteiger partial charge in [-0.2, -0.15) is 0 Å². The highest BCUT2D eigenvalue weighted by molar-refractivity contribution is 6.32. The first-order valence-corrected chi connectivity index (χ1v) is 4.96. The van der Waals surface area contributed by atoms with E-state index in [1.165, 1.54) is 6.33 Å². The van der Waals surface area contributed by atoms with E-state index in [0.717, 1.165) is 0 Å². The molecule has 8 heteroatoms. The Morgan fingerprint density at radius 3 is 3.19 bits per heavy atom. The number of aromatic amines is 1. The third-order valence-corrected chi connectivity index (χ3v) is 2.25. The second kappa shape index (κ2) is 4.75. The van der Waals surface area contributed by atoms with Gasteiger partial charge >= 0.3 is 0 Å². The maximum Gasteiger partial charge on any atom is 0.271 e. The minimum Gasteiger partial charge on any atom is -0.367 e. The number of aromatic nitrogens is 5. The third-order valence-electron chi connectivity index (χ3n) is 1.90. The molecule has 0 atom stereocenters. The molecule has 2 heterocycles. The Morgan fingerprint density at radius 1 is 1.56 bits per heavy atom. The van der Waals surface area contributed by atoms with Crippen molar-refractivity contribution in [2.24, 2.45) is 0 Å². The van der Waals surface area contributed by atoms with Gasteiger partial charge in [-0.1, -0.05) is 16.8 Å². The van der Waals surface area contributed by atoms with Crippen LogP contribution in [0.25, 0.3) is 0 Å². The zero-order chi connectivity index (χ0) is 11.4. The van der Waals surface area contributed by atoms with E-state index in [0.29, 0.717) is 18.9 Å². The van der Waals surface area contributed by atoms with Gasteiger partial charge < -0.3 is 10.3 Å². The summed E-state index contributed by atoms with van der Waals surface area (Å²) in [6.45, 7) is 1.17. The Balaban J connectivity index is 1.95. The van der Waals surface area contributed by atoms with E-state index in [1.54, 1.807) is 17.1 Å². The average Bonchev–Trinajstić information content (AvgIpc) is 2.77. The quantitative estimate of drug-likeness (QED) is 0.793. The van der Waals surface area contributed by atoms with Crippen LogP contribution in [0.1, 0.15) is 0 Å². The Morgan fingerprint density at radius 2 is 2.44 bits per heavy atom. The molecule has 2 N–H and O–H groups in total. The fourth-order valence-electron chi connectivity index (χ4n) is 1.15. The molecule has 0 amide bonds. The molecular formula is C8H9ClN6O. The molecule has 0 aliphatic rings. The summed E-state index contributed by atoms with van der Waals surface area (Å²) >= 11 is 5.75. The lowest BCUT2D eigenvalue weighted by molar-refractivity contribution is 0.608. The number of nitrogens with zero attached hydrogens (tertiary/aromatic N) is 4. The largest absolute Gasteiger partial charge is 0.367 e. The van der Waals surface area contributed by atoms with Crippen LogP contribution >= 0.6 is 11.6 Å². The molecule has 0 saturated carbocycles. The predicted octanol–water partition coefficient (Wildman–Crippen LogP) is 0.127. The molecule has 0 fully saturated rings. The summed E-state index contributed by atoms with van der Waals surface area (Å²) < 4.78 is 1.66. The van der Waals surface area contributed by atoms with Gasteiger partial charge in [0.15, 0.2) is 5.82 Å². The standard InChI is InChI=1S/C8H9ClN6O/c9-6-7(11-5-12-8(6)16)10-1-3-15-4-2-13-14-15/h2,4-5H,1,3H2,(H2,10,11,12,16). The Hall–Kier alpha value is -1.89. The van der Waals surface area contributed by atoms with Crippen LogP contribution in [0.2, 0.25) is 5.02 Å². The van der Waals surface area contributed by atoms with E-state index in [-0.39, 0.29) is 10.6 Å². The van der Waals surface area contributed by atoms with Gasteiger partial charge in [-0.05, 0) is 0 Å². The SMILES string of the molecule is O=c1[nH]cnc(NCCn2ccnn2)c1Cl. The van der Waals surface area contributed by atoms with Crippen molar-refractivity contribution in [1.29, 1.82) is 0 Å². The molecule has 0 saturated heterocycles. The number of nitrogens with one attached hydrogen (secondary N) is 2. The number of hydrogen-bond donors (Lipinski definition) is 2. The highest BCUT2D eigenvalue weighted by Gasteiger charge is 2.04. The topological polar surface area (TPSA) is 88.5 Å². The van der Waals surface area contributed by atoms with Crippen LogP contribution in [0.3, 0.4) is 0 Å². The molecule has 0 bridgehead atoms. The van der Waals surface area contributed by atoms with Crippen LogP contribution < -0.4 is 10.9 Å². The van der Waals surface area contributed by atoms with Crippen LogP contribution in [-0.4, -0.2) is 31.5 Å². The van der Waals surface area contributed by atoms with E-state index in [1.807, 2.05) is 0 Å². The van der Waals surface area contributed by atoms with Crippen molar-refractivity contribution < 1.29 is 0 Å². The van der Waals surface area contributed by atoms with Crippen molar-refractivity contribution in [3.05, 3.63) is 34.1 Å². The van der Waals surface area contributed by atoms with Crippen molar-refractivity contribution in [1.82, 2.24) is 25.0 Å². The number of halogens is 1. The van der Waals surface area contributed by atoms with Crippen LogP contribution in [0, 0.1) is 0 Å². The zero-order valence-corrected chi connectivity index (χ0v) is 8.98. The molecular weight excluding hydrogens is 232 g/mol. The van der Waals surface area contributed by atoms with E-state index >= 15 is 0 Å². The summed E-state index contributed by atoms with van der Waals surface area (Å²) in [7, 11) is 0. The van der Waals surface area contributed by atoms with Crippen LogP contribution in [0.4, 0.5) is 5.82 Å². The lowest BCUT2D eigenvalue weighted by atomic mass is 10.5. The van der Waals surface area contributed by atoms with E-state index in [9.17, 15) is 4.79 Å². The third kappa shape index (κ3) is 2.37. The lowest BCUT2D eigenvalue weighted by Gasteiger charge is -2.05. The van der Waals surface area contributed by atoms with E-state index < -0.39 is 0 Å². The van der Waals surface area contributed by atoms with Crippen molar-refractivity contribution in [3.63, 3.8) is 0 Å². The van der Waals surface area contributed by atoms with Crippen molar-refractivity contribution in [3.8, 4) is 0 Å². The van der Waals surface area contributed by atoms with Crippen LogP contribution in [-0.2, 0) is 6.54 Å². The number of hydrogen-bond acceptors (Lipinski definition) is 5. The first-order valence-electron chi connectivity index (χ1n) is 4.58. The van der Waals surface area contributed by atoms with E-state index in [4.69, 9.17) is 11.6 Å². The minimum absolute atomic E-state index is 0.0566. The van der Waals surface area contributed by atoms with Crippen LogP contribution in [0.5, 0.6) is 0 Å².